The minimum atomic E-state index is 0.902. The van der Waals surface area contributed by atoms with Crippen molar-refractivity contribution in [3.8, 4) is 11.3 Å². The van der Waals surface area contributed by atoms with Gasteiger partial charge in [0.05, 0.1) is 34.0 Å². The third-order valence-electron chi connectivity index (χ3n) is 5.70. The van der Waals surface area contributed by atoms with Gasteiger partial charge in [-0.2, -0.15) is 0 Å². The molecule has 6 rings (SSSR count). The predicted molar refractivity (Wildman–Crippen MR) is 131 cm³/mol. The highest BCUT2D eigenvalue weighted by Crippen LogP contribution is 2.29. The highest BCUT2D eigenvalue weighted by molar-refractivity contribution is 5.87. The Bertz CT molecular complexity index is 1570. The molecular weight excluding hydrogens is 394 g/mol. The SMILES string of the molecule is CCc1cccnc1-c1cc2cc3nc(cc4ccc(cc5nc(cc1[nH]2)C=C5)[nH]4)C=C3. The van der Waals surface area contributed by atoms with Gasteiger partial charge in [0.15, 0.2) is 0 Å². The van der Waals surface area contributed by atoms with Gasteiger partial charge in [0.1, 0.15) is 0 Å². The first-order valence-electron chi connectivity index (χ1n) is 10.8. The largest absolute Gasteiger partial charge is 0.355 e. The van der Waals surface area contributed by atoms with Gasteiger partial charge in [-0.1, -0.05) is 13.0 Å². The molecule has 0 fully saturated rings. The van der Waals surface area contributed by atoms with Gasteiger partial charge < -0.3 is 9.97 Å². The Morgan fingerprint density at radius 3 is 1.97 bits per heavy atom. The topological polar surface area (TPSA) is 70.2 Å². The summed E-state index contributed by atoms with van der Waals surface area (Å²) in [7, 11) is 0. The molecular formula is C27H21N5. The Morgan fingerprint density at radius 1 is 0.688 bits per heavy atom. The van der Waals surface area contributed by atoms with Crippen molar-refractivity contribution in [3.05, 3.63) is 89.1 Å². The van der Waals surface area contributed by atoms with Gasteiger partial charge in [0, 0.05) is 28.3 Å². The summed E-state index contributed by atoms with van der Waals surface area (Å²) >= 11 is 0. The van der Waals surface area contributed by atoms with Gasteiger partial charge in [-0.05, 0) is 84.8 Å². The van der Waals surface area contributed by atoms with E-state index in [2.05, 4.69) is 53.3 Å². The molecule has 4 aromatic rings. The van der Waals surface area contributed by atoms with Crippen LogP contribution in [-0.2, 0) is 6.42 Å². The molecule has 0 atom stereocenters. The molecule has 32 heavy (non-hydrogen) atoms. The number of nitrogens with zero attached hydrogens (tertiary/aromatic N) is 3. The van der Waals surface area contributed by atoms with Gasteiger partial charge in [0.25, 0.3) is 0 Å². The maximum atomic E-state index is 4.79. The van der Waals surface area contributed by atoms with Crippen LogP contribution in [0, 0.1) is 0 Å². The lowest BCUT2D eigenvalue weighted by Gasteiger charge is -2.04. The summed E-state index contributed by atoms with van der Waals surface area (Å²) in [6, 6.07) is 18.6. The number of aromatic nitrogens is 5. The van der Waals surface area contributed by atoms with Crippen LogP contribution in [0.1, 0.15) is 35.3 Å². The number of H-pyrrole nitrogens is 2. The first kappa shape index (κ1) is 18.5. The average Bonchev–Trinajstić information content (AvgIpc) is 3.59. The molecule has 0 amide bonds. The lowest BCUT2D eigenvalue weighted by Crippen LogP contribution is -1.90. The van der Waals surface area contributed by atoms with E-state index in [1.807, 2.05) is 48.7 Å². The lowest BCUT2D eigenvalue weighted by molar-refractivity contribution is 1.11. The maximum absolute atomic E-state index is 4.79. The molecule has 2 aliphatic heterocycles. The second kappa shape index (κ2) is 7.46. The van der Waals surface area contributed by atoms with Gasteiger partial charge in [-0.15, -0.1) is 0 Å². The second-order valence-electron chi connectivity index (χ2n) is 7.95. The van der Waals surface area contributed by atoms with Crippen molar-refractivity contribution in [2.24, 2.45) is 0 Å². The molecule has 0 aromatic carbocycles. The van der Waals surface area contributed by atoms with E-state index in [9.17, 15) is 0 Å². The van der Waals surface area contributed by atoms with Crippen molar-refractivity contribution in [3.63, 3.8) is 0 Å². The molecule has 8 bridgehead atoms. The third kappa shape index (κ3) is 3.44. The summed E-state index contributed by atoms with van der Waals surface area (Å²) in [6.07, 6.45) is 10.9. The van der Waals surface area contributed by atoms with E-state index in [4.69, 9.17) is 15.0 Å². The molecule has 0 aliphatic carbocycles. The third-order valence-corrected chi connectivity index (χ3v) is 5.70. The zero-order valence-corrected chi connectivity index (χ0v) is 17.6. The van der Waals surface area contributed by atoms with Crippen LogP contribution in [0.15, 0.2) is 60.8 Å². The fourth-order valence-electron chi connectivity index (χ4n) is 4.18. The van der Waals surface area contributed by atoms with E-state index >= 15 is 0 Å². The molecule has 0 spiro atoms. The minimum Gasteiger partial charge on any atom is -0.355 e. The molecule has 0 radical (unpaired) electrons. The standard InChI is InChI=1S/C27H21N5/c1-2-17-4-3-11-28-27(17)25-15-24-14-22-8-7-20(30-22)12-18-5-6-19(29-18)13-21-9-10-23(31-21)16-26(25)32-24/h3-16,29,32H,2H2,1H3. The molecule has 0 unspecified atom stereocenters. The number of aromatic amines is 2. The first-order valence-corrected chi connectivity index (χ1v) is 10.8. The van der Waals surface area contributed by atoms with Crippen LogP contribution in [0.5, 0.6) is 0 Å². The van der Waals surface area contributed by atoms with Crippen molar-refractivity contribution in [2.45, 2.75) is 13.3 Å². The molecule has 0 saturated carbocycles. The zero-order chi connectivity index (χ0) is 21.5. The fourth-order valence-corrected chi connectivity index (χ4v) is 4.18. The summed E-state index contributed by atoms with van der Waals surface area (Å²) in [5.41, 5.74) is 10.9. The van der Waals surface area contributed by atoms with E-state index in [1.165, 1.54) is 5.56 Å². The Balaban J connectivity index is 1.68. The highest BCUT2D eigenvalue weighted by atomic mass is 14.8. The second-order valence-corrected chi connectivity index (χ2v) is 7.95. The fraction of sp³-hybridized carbons (Fsp3) is 0.0741. The van der Waals surface area contributed by atoms with Crippen LogP contribution in [0.25, 0.3) is 57.6 Å². The van der Waals surface area contributed by atoms with E-state index < -0.39 is 0 Å². The van der Waals surface area contributed by atoms with E-state index in [1.54, 1.807) is 0 Å². The number of nitrogens with one attached hydrogen (secondary N) is 2. The summed E-state index contributed by atoms with van der Waals surface area (Å²) in [5, 5.41) is 0. The number of hydrogen-bond acceptors (Lipinski definition) is 3. The highest BCUT2D eigenvalue weighted by Gasteiger charge is 2.11. The molecule has 5 nitrogen and oxygen atoms in total. The molecule has 2 aliphatic rings. The summed E-state index contributed by atoms with van der Waals surface area (Å²) in [5.74, 6) is 0. The number of fused-ring (bicyclic) bond motifs is 8. The Labute approximate surface area is 185 Å². The van der Waals surface area contributed by atoms with Crippen molar-refractivity contribution in [1.82, 2.24) is 24.9 Å². The van der Waals surface area contributed by atoms with Gasteiger partial charge in [0.2, 0.25) is 0 Å². The van der Waals surface area contributed by atoms with Crippen molar-refractivity contribution < 1.29 is 0 Å². The Kier molecular flexibility index (Phi) is 4.32. The quantitative estimate of drug-likeness (QED) is 0.350. The summed E-state index contributed by atoms with van der Waals surface area (Å²) < 4.78 is 0. The Hall–Kier alpha value is -4.25. The van der Waals surface area contributed by atoms with Gasteiger partial charge >= 0.3 is 0 Å². The van der Waals surface area contributed by atoms with Crippen molar-refractivity contribution in [2.75, 3.05) is 0 Å². The number of pyridine rings is 1. The van der Waals surface area contributed by atoms with E-state index in [0.29, 0.717) is 0 Å². The smallest absolute Gasteiger partial charge is 0.0755 e. The number of aryl methyl sites for hydroxylation is 1. The van der Waals surface area contributed by atoms with Crippen LogP contribution >= 0.6 is 0 Å². The van der Waals surface area contributed by atoms with E-state index in [0.717, 1.165) is 62.5 Å². The first-order chi connectivity index (χ1) is 15.7. The maximum Gasteiger partial charge on any atom is 0.0755 e. The summed E-state index contributed by atoms with van der Waals surface area (Å²) in [4.78, 5) is 21.2. The molecule has 4 aromatic heterocycles. The number of rotatable bonds is 2. The monoisotopic (exact) mass is 415 g/mol. The van der Waals surface area contributed by atoms with Gasteiger partial charge in [-0.3, -0.25) is 4.98 Å². The number of hydrogen-bond donors (Lipinski definition) is 2. The van der Waals surface area contributed by atoms with Crippen LogP contribution in [0.2, 0.25) is 0 Å². The minimum absolute atomic E-state index is 0.902. The summed E-state index contributed by atoms with van der Waals surface area (Å²) in [6.45, 7) is 2.16. The Morgan fingerprint density at radius 2 is 1.31 bits per heavy atom. The molecule has 154 valence electrons. The van der Waals surface area contributed by atoms with Gasteiger partial charge in [-0.25, -0.2) is 9.97 Å². The van der Waals surface area contributed by atoms with Crippen LogP contribution in [0.3, 0.4) is 0 Å². The van der Waals surface area contributed by atoms with Crippen molar-refractivity contribution in [1.29, 1.82) is 0 Å². The predicted octanol–water partition coefficient (Wildman–Crippen LogP) is 6.28. The molecule has 0 saturated heterocycles. The van der Waals surface area contributed by atoms with Crippen LogP contribution in [0.4, 0.5) is 0 Å². The lowest BCUT2D eigenvalue weighted by atomic mass is 10.0. The molecule has 2 N–H and O–H groups in total. The molecule has 5 heteroatoms. The normalized spacial score (nSPS) is 12.4. The van der Waals surface area contributed by atoms with E-state index in [-0.39, 0.29) is 0 Å². The average molecular weight is 416 g/mol. The zero-order valence-electron chi connectivity index (χ0n) is 17.6. The van der Waals surface area contributed by atoms with Crippen molar-refractivity contribution >= 4 is 46.4 Å². The van der Waals surface area contributed by atoms with Crippen LogP contribution < -0.4 is 0 Å². The van der Waals surface area contributed by atoms with Crippen LogP contribution in [-0.4, -0.2) is 24.9 Å². The molecule has 6 heterocycles.